The fourth-order valence-corrected chi connectivity index (χ4v) is 2.00. The maximum atomic E-state index is 11.5. The molecule has 0 aliphatic carbocycles. The van der Waals surface area contributed by atoms with Gasteiger partial charge < -0.3 is 10.0 Å². The number of benzene rings is 1. The van der Waals surface area contributed by atoms with Gasteiger partial charge in [-0.25, -0.2) is 0 Å². The summed E-state index contributed by atoms with van der Waals surface area (Å²) in [5, 5.41) is 10.1. The summed E-state index contributed by atoms with van der Waals surface area (Å²) < 4.78 is 0. The number of carbonyl (C=O) groups excluding carboxylic acids is 1. The minimum Gasteiger partial charge on any atom is -0.383 e. The summed E-state index contributed by atoms with van der Waals surface area (Å²) in [7, 11) is 0. The van der Waals surface area contributed by atoms with Gasteiger partial charge in [-0.1, -0.05) is 29.3 Å². The zero-order valence-electron chi connectivity index (χ0n) is 7.78. The molecule has 2 rings (SSSR count). The zero-order chi connectivity index (χ0) is 11.0. The summed E-state index contributed by atoms with van der Waals surface area (Å²) in [6.07, 6.45) is -0.484. The van der Waals surface area contributed by atoms with Gasteiger partial charge in [0.05, 0.1) is 15.7 Å². The molecule has 0 bridgehead atoms. The van der Waals surface area contributed by atoms with Crippen LogP contribution in [0.15, 0.2) is 18.2 Å². The van der Waals surface area contributed by atoms with Gasteiger partial charge in [0.15, 0.2) is 0 Å². The first-order chi connectivity index (χ1) is 7.11. The first-order valence-electron chi connectivity index (χ1n) is 4.54. The third-order valence-corrected chi connectivity index (χ3v) is 3.21. The lowest BCUT2D eigenvalue weighted by Crippen LogP contribution is -2.29. The molecule has 1 N–H and O–H groups in total. The predicted octanol–water partition coefficient (Wildman–Crippen LogP) is 2.09. The van der Waals surface area contributed by atoms with Gasteiger partial charge in [-0.15, -0.1) is 0 Å². The summed E-state index contributed by atoms with van der Waals surface area (Å²) in [5.74, 6) is -0.320. The smallest absolute Gasteiger partial charge is 0.255 e. The van der Waals surface area contributed by atoms with Gasteiger partial charge in [0.1, 0.15) is 6.10 Å². The highest BCUT2D eigenvalue weighted by atomic mass is 35.5. The Morgan fingerprint density at radius 2 is 2.13 bits per heavy atom. The summed E-state index contributed by atoms with van der Waals surface area (Å²) in [4.78, 5) is 13.0. The van der Waals surface area contributed by atoms with E-state index in [4.69, 9.17) is 23.2 Å². The molecule has 0 spiro atoms. The van der Waals surface area contributed by atoms with Crippen molar-refractivity contribution in [2.24, 2.45) is 0 Å². The molecular formula is C10H9Cl2NO2. The van der Waals surface area contributed by atoms with Crippen molar-refractivity contribution >= 4 is 34.8 Å². The van der Waals surface area contributed by atoms with E-state index >= 15 is 0 Å². The van der Waals surface area contributed by atoms with Gasteiger partial charge in [0.25, 0.3) is 5.91 Å². The molecule has 0 radical (unpaired) electrons. The van der Waals surface area contributed by atoms with E-state index in [0.717, 1.165) is 0 Å². The topological polar surface area (TPSA) is 40.5 Å². The highest BCUT2D eigenvalue weighted by molar-refractivity contribution is 6.44. The van der Waals surface area contributed by atoms with Gasteiger partial charge in [-0.05, 0) is 12.1 Å². The number of carbonyl (C=O) groups is 1. The van der Waals surface area contributed by atoms with Crippen LogP contribution in [0.1, 0.15) is 6.42 Å². The number of hydrogen-bond acceptors (Lipinski definition) is 2. The molecule has 3 nitrogen and oxygen atoms in total. The minimum absolute atomic E-state index is 0.320. The van der Waals surface area contributed by atoms with Crippen LogP contribution in [0.3, 0.4) is 0 Å². The van der Waals surface area contributed by atoms with Crippen molar-refractivity contribution in [1.82, 2.24) is 0 Å². The Hall–Kier alpha value is -0.770. The molecule has 1 atom stereocenters. The standard InChI is InChI=1S/C10H9Cl2NO2/c11-6-2-1-3-7(9(6)12)13-5-4-8(14)10(13)15/h1-3,8,14H,4-5H2. The van der Waals surface area contributed by atoms with Gasteiger partial charge in [0.2, 0.25) is 0 Å². The second-order valence-electron chi connectivity index (χ2n) is 3.37. The summed E-state index contributed by atoms with van der Waals surface area (Å²) in [5.41, 5.74) is 0.561. The van der Waals surface area contributed by atoms with Crippen LogP contribution in [-0.2, 0) is 4.79 Å². The number of aliphatic hydroxyl groups is 1. The largest absolute Gasteiger partial charge is 0.383 e. The predicted molar refractivity (Wildman–Crippen MR) is 59.4 cm³/mol. The average Bonchev–Trinajstić information content (AvgIpc) is 2.53. The van der Waals surface area contributed by atoms with Crippen LogP contribution < -0.4 is 4.90 Å². The lowest BCUT2D eigenvalue weighted by molar-refractivity contribution is -0.123. The van der Waals surface area contributed by atoms with Crippen molar-refractivity contribution in [2.45, 2.75) is 12.5 Å². The Bertz CT molecular complexity index is 408. The van der Waals surface area contributed by atoms with Crippen molar-refractivity contribution in [3.63, 3.8) is 0 Å². The zero-order valence-corrected chi connectivity index (χ0v) is 9.29. The molecule has 1 fully saturated rings. The van der Waals surface area contributed by atoms with E-state index in [9.17, 15) is 9.90 Å². The van der Waals surface area contributed by atoms with E-state index in [1.807, 2.05) is 0 Å². The molecule has 0 saturated carbocycles. The molecule has 1 aromatic carbocycles. The lowest BCUT2D eigenvalue weighted by Gasteiger charge is -2.17. The molecule has 1 aromatic rings. The Morgan fingerprint density at radius 3 is 2.73 bits per heavy atom. The molecule has 15 heavy (non-hydrogen) atoms. The van der Waals surface area contributed by atoms with E-state index in [1.165, 1.54) is 4.90 Å². The van der Waals surface area contributed by atoms with Crippen molar-refractivity contribution in [2.75, 3.05) is 11.4 Å². The number of amides is 1. The Labute approximate surface area is 97.2 Å². The minimum atomic E-state index is -0.917. The monoisotopic (exact) mass is 245 g/mol. The quantitative estimate of drug-likeness (QED) is 0.824. The Balaban J connectivity index is 2.38. The van der Waals surface area contributed by atoms with E-state index in [-0.39, 0.29) is 5.91 Å². The molecular weight excluding hydrogens is 237 g/mol. The second kappa shape index (κ2) is 4.00. The maximum Gasteiger partial charge on any atom is 0.255 e. The SMILES string of the molecule is O=C1C(O)CCN1c1cccc(Cl)c1Cl. The van der Waals surface area contributed by atoms with Gasteiger partial charge >= 0.3 is 0 Å². The van der Waals surface area contributed by atoms with Gasteiger partial charge in [-0.2, -0.15) is 0 Å². The van der Waals surface area contributed by atoms with Crippen LogP contribution in [-0.4, -0.2) is 23.7 Å². The van der Waals surface area contributed by atoms with Crippen molar-refractivity contribution in [3.8, 4) is 0 Å². The molecule has 1 aliphatic heterocycles. The molecule has 5 heteroatoms. The Kier molecular flexibility index (Phi) is 2.87. The molecule has 1 unspecified atom stereocenters. The molecule has 1 saturated heterocycles. The van der Waals surface area contributed by atoms with Crippen LogP contribution in [0.4, 0.5) is 5.69 Å². The number of aliphatic hydroxyl groups excluding tert-OH is 1. The summed E-state index contributed by atoms with van der Waals surface area (Å²) in [6.45, 7) is 0.472. The van der Waals surface area contributed by atoms with E-state index in [2.05, 4.69) is 0 Å². The van der Waals surface area contributed by atoms with Crippen LogP contribution in [0.5, 0.6) is 0 Å². The second-order valence-corrected chi connectivity index (χ2v) is 4.15. The van der Waals surface area contributed by atoms with E-state index < -0.39 is 6.10 Å². The van der Waals surface area contributed by atoms with E-state index in [0.29, 0.717) is 28.7 Å². The van der Waals surface area contributed by atoms with Crippen molar-refractivity contribution in [1.29, 1.82) is 0 Å². The molecule has 1 heterocycles. The van der Waals surface area contributed by atoms with Crippen LogP contribution in [0.25, 0.3) is 0 Å². The number of rotatable bonds is 1. The van der Waals surface area contributed by atoms with Crippen molar-refractivity contribution in [3.05, 3.63) is 28.2 Å². The van der Waals surface area contributed by atoms with Crippen molar-refractivity contribution < 1.29 is 9.90 Å². The third kappa shape index (κ3) is 1.83. The van der Waals surface area contributed by atoms with Crippen LogP contribution in [0.2, 0.25) is 10.0 Å². The summed E-state index contributed by atoms with van der Waals surface area (Å²) >= 11 is 11.8. The van der Waals surface area contributed by atoms with Gasteiger partial charge in [0, 0.05) is 13.0 Å². The van der Waals surface area contributed by atoms with Gasteiger partial charge in [-0.3, -0.25) is 4.79 Å². The lowest BCUT2D eigenvalue weighted by atomic mass is 10.3. The number of halogens is 2. The third-order valence-electron chi connectivity index (χ3n) is 2.40. The summed E-state index contributed by atoms with van der Waals surface area (Å²) in [6, 6.07) is 5.09. The molecule has 1 aliphatic rings. The highest BCUT2D eigenvalue weighted by Crippen LogP contribution is 2.34. The number of anilines is 1. The van der Waals surface area contributed by atoms with E-state index in [1.54, 1.807) is 18.2 Å². The highest BCUT2D eigenvalue weighted by Gasteiger charge is 2.32. The first-order valence-corrected chi connectivity index (χ1v) is 5.30. The fraction of sp³-hybridized carbons (Fsp3) is 0.300. The molecule has 80 valence electrons. The van der Waals surface area contributed by atoms with Crippen LogP contribution in [0, 0.1) is 0 Å². The number of nitrogens with zero attached hydrogens (tertiary/aromatic N) is 1. The first kappa shape index (κ1) is 10.7. The normalized spacial score (nSPS) is 21.1. The molecule has 1 amide bonds. The molecule has 0 aromatic heterocycles. The number of hydrogen-bond donors (Lipinski definition) is 1. The Morgan fingerprint density at radius 1 is 1.40 bits per heavy atom. The fourth-order valence-electron chi connectivity index (χ4n) is 1.60. The average molecular weight is 246 g/mol. The maximum absolute atomic E-state index is 11.5. The van der Waals surface area contributed by atoms with Crippen LogP contribution >= 0.6 is 23.2 Å².